The maximum absolute atomic E-state index is 13.7. The van der Waals surface area contributed by atoms with Crippen LogP contribution in [0.15, 0.2) is 78.5 Å². The van der Waals surface area contributed by atoms with Crippen LogP contribution in [-0.4, -0.2) is 11.9 Å². The van der Waals surface area contributed by atoms with Gasteiger partial charge in [-0.3, -0.25) is 4.79 Å². The Hall–Kier alpha value is -3.64. The Morgan fingerprint density at radius 3 is 2.37 bits per heavy atom. The van der Waals surface area contributed by atoms with Crippen molar-refractivity contribution in [3.63, 3.8) is 0 Å². The van der Waals surface area contributed by atoms with Gasteiger partial charge in [-0.25, -0.2) is 14.1 Å². The Bertz CT molecular complexity index is 1130. The first kappa shape index (κ1) is 19.7. The lowest BCUT2D eigenvalue weighted by molar-refractivity contribution is -0.113. The fraction of sp³-hybridized carbons (Fsp3) is 0.0435. The zero-order valence-electron chi connectivity index (χ0n) is 15.6. The second-order valence-corrected chi connectivity index (χ2v) is 6.99. The fourth-order valence-corrected chi connectivity index (χ4v) is 3.09. The molecule has 1 aliphatic heterocycles. The van der Waals surface area contributed by atoms with Crippen LogP contribution in [0.5, 0.6) is 5.75 Å². The standard InChI is InChI=1S/C23H16ClFN2O3/c24-17-7-9-18(10-8-17)27-22(28)21(26-23(27)29)13-15-5-11-19(12-6-15)30-14-16-3-1-2-4-20(16)25/h1-13H,14H2,(H,26,29)/b21-13+. The monoisotopic (exact) mass is 422 g/mol. The van der Waals surface area contributed by atoms with Crippen molar-refractivity contribution in [1.82, 2.24) is 5.32 Å². The molecule has 0 radical (unpaired) electrons. The van der Waals surface area contributed by atoms with Crippen molar-refractivity contribution < 1.29 is 18.7 Å². The molecule has 0 bridgehead atoms. The Labute approximate surface area is 177 Å². The maximum atomic E-state index is 13.7. The number of halogens is 2. The van der Waals surface area contributed by atoms with Gasteiger partial charge in [-0.15, -0.1) is 0 Å². The lowest BCUT2D eigenvalue weighted by atomic mass is 10.1. The summed E-state index contributed by atoms with van der Waals surface area (Å²) in [6, 6.07) is 19.2. The van der Waals surface area contributed by atoms with Gasteiger partial charge in [0.25, 0.3) is 5.91 Å². The van der Waals surface area contributed by atoms with E-state index >= 15 is 0 Å². The molecule has 0 atom stereocenters. The predicted octanol–water partition coefficient (Wildman–Crippen LogP) is 5.16. The van der Waals surface area contributed by atoms with E-state index in [9.17, 15) is 14.0 Å². The molecule has 1 heterocycles. The molecule has 30 heavy (non-hydrogen) atoms. The lowest BCUT2D eigenvalue weighted by Gasteiger charge is -2.11. The van der Waals surface area contributed by atoms with E-state index in [-0.39, 0.29) is 18.1 Å². The number of hydrogen-bond donors (Lipinski definition) is 1. The summed E-state index contributed by atoms with van der Waals surface area (Å²) in [5.41, 5.74) is 1.76. The van der Waals surface area contributed by atoms with Gasteiger partial charge in [0.2, 0.25) is 0 Å². The van der Waals surface area contributed by atoms with Gasteiger partial charge in [-0.05, 0) is 54.1 Å². The molecule has 1 fully saturated rings. The molecule has 5 nitrogen and oxygen atoms in total. The van der Waals surface area contributed by atoms with Crippen molar-refractivity contribution in [2.75, 3.05) is 4.90 Å². The Kier molecular flexibility index (Phi) is 5.50. The number of imide groups is 1. The Morgan fingerprint density at radius 1 is 0.967 bits per heavy atom. The van der Waals surface area contributed by atoms with Gasteiger partial charge in [0, 0.05) is 10.6 Å². The quantitative estimate of drug-likeness (QED) is 0.456. The zero-order chi connectivity index (χ0) is 21.1. The van der Waals surface area contributed by atoms with E-state index in [0.29, 0.717) is 27.6 Å². The summed E-state index contributed by atoms with van der Waals surface area (Å²) in [5, 5.41) is 3.09. The SMILES string of the molecule is O=C1N/C(=C/c2ccc(OCc3ccccc3F)cc2)C(=O)N1c1ccc(Cl)cc1. The molecule has 0 aliphatic carbocycles. The second kappa shape index (κ2) is 8.39. The highest BCUT2D eigenvalue weighted by molar-refractivity contribution is 6.31. The van der Waals surface area contributed by atoms with E-state index in [4.69, 9.17) is 16.3 Å². The molecule has 4 rings (SSSR count). The summed E-state index contributed by atoms with van der Waals surface area (Å²) in [6.45, 7) is 0.109. The summed E-state index contributed by atoms with van der Waals surface area (Å²) in [7, 11) is 0. The summed E-state index contributed by atoms with van der Waals surface area (Å²) in [4.78, 5) is 25.9. The van der Waals surface area contributed by atoms with Gasteiger partial charge in [-0.1, -0.05) is 41.9 Å². The van der Waals surface area contributed by atoms with Crippen LogP contribution in [0.2, 0.25) is 5.02 Å². The second-order valence-electron chi connectivity index (χ2n) is 6.55. The summed E-state index contributed by atoms with van der Waals surface area (Å²) < 4.78 is 19.3. The molecule has 7 heteroatoms. The summed E-state index contributed by atoms with van der Waals surface area (Å²) >= 11 is 5.86. The van der Waals surface area contributed by atoms with Crippen LogP contribution in [0, 0.1) is 5.82 Å². The molecular formula is C23H16ClFN2O3. The van der Waals surface area contributed by atoms with Gasteiger partial charge in [0.15, 0.2) is 0 Å². The van der Waals surface area contributed by atoms with Crippen molar-refractivity contribution in [2.24, 2.45) is 0 Å². The highest BCUT2D eigenvalue weighted by Crippen LogP contribution is 2.24. The number of anilines is 1. The van der Waals surface area contributed by atoms with Crippen LogP contribution in [0.3, 0.4) is 0 Å². The lowest BCUT2D eigenvalue weighted by Crippen LogP contribution is -2.30. The zero-order valence-corrected chi connectivity index (χ0v) is 16.4. The summed E-state index contributed by atoms with van der Waals surface area (Å²) in [5.74, 6) is -0.216. The number of urea groups is 1. The van der Waals surface area contributed by atoms with Crippen LogP contribution in [0.1, 0.15) is 11.1 Å². The highest BCUT2D eigenvalue weighted by atomic mass is 35.5. The van der Waals surface area contributed by atoms with Gasteiger partial charge in [0.05, 0.1) is 5.69 Å². The van der Waals surface area contributed by atoms with E-state index in [1.54, 1.807) is 72.8 Å². The number of carbonyl (C=O) groups is 2. The Balaban J connectivity index is 1.46. The number of rotatable bonds is 5. The molecule has 1 aliphatic rings. The molecule has 0 unspecified atom stereocenters. The smallest absolute Gasteiger partial charge is 0.333 e. The van der Waals surface area contributed by atoms with Crippen LogP contribution < -0.4 is 15.0 Å². The van der Waals surface area contributed by atoms with Crippen molar-refractivity contribution in [3.8, 4) is 5.75 Å². The van der Waals surface area contributed by atoms with Gasteiger partial charge in [0.1, 0.15) is 23.9 Å². The van der Waals surface area contributed by atoms with Crippen molar-refractivity contribution >= 4 is 35.3 Å². The van der Waals surface area contributed by atoms with E-state index < -0.39 is 11.9 Å². The molecule has 1 saturated heterocycles. The molecule has 0 spiro atoms. The van der Waals surface area contributed by atoms with Crippen LogP contribution in [0.4, 0.5) is 14.9 Å². The van der Waals surface area contributed by atoms with Gasteiger partial charge >= 0.3 is 6.03 Å². The fourth-order valence-electron chi connectivity index (χ4n) is 2.96. The number of benzene rings is 3. The van der Waals surface area contributed by atoms with E-state index in [1.807, 2.05) is 0 Å². The first-order valence-electron chi connectivity index (χ1n) is 9.10. The number of ether oxygens (including phenoxy) is 1. The number of hydrogen-bond acceptors (Lipinski definition) is 3. The average Bonchev–Trinajstić information content (AvgIpc) is 3.02. The van der Waals surface area contributed by atoms with Crippen molar-refractivity contribution in [1.29, 1.82) is 0 Å². The van der Waals surface area contributed by atoms with Crippen molar-refractivity contribution in [3.05, 3.63) is 100 Å². The molecular weight excluding hydrogens is 407 g/mol. The molecule has 0 aromatic heterocycles. The van der Waals surface area contributed by atoms with Crippen LogP contribution >= 0.6 is 11.6 Å². The number of amides is 3. The van der Waals surface area contributed by atoms with E-state index in [2.05, 4.69) is 5.32 Å². The first-order valence-corrected chi connectivity index (χ1v) is 9.48. The molecule has 1 N–H and O–H groups in total. The average molecular weight is 423 g/mol. The topological polar surface area (TPSA) is 58.6 Å². The molecule has 150 valence electrons. The predicted molar refractivity (Wildman–Crippen MR) is 113 cm³/mol. The number of nitrogens with zero attached hydrogens (tertiary/aromatic N) is 1. The molecule has 3 amide bonds. The van der Waals surface area contributed by atoms with Crippen LogP contribution in [0.25, 0.3) is 6.08 Å². The van der Waals surface area contributed by atoms with E-state index in [1.165, 1.54) is 6.07 Å². The number of nitrogens with one attached hydrogen (secondary N) is 1. The Morgan fingerprint density at radius 2 is 1.67 bits per heavy atom. The van der Waals surface area contributed by atoms with Gasteiger partial charge in [-0.2, -0.15) is 0 Å². The highest BCUT2D eigenvalue weighted by Gasteiger charge is 2.34. The minimum absolute atomic E-state index is 0.109. The summed E-state index contributed by atoms with van der Waals surface area (Å²) in [6.07, 6.45) is 1.58. The molecule has 0 saturated carbocycles. The first-order chi connectivity index (χ1) is 14.5. The third-order valence-electron chi connectivity index (χ3n) is 4.51. The third kappa shape index (κ3) is 4.18. The molecule has 3 aromatic rings. The van der Waals surface area contributed by atoms with Gasteiger partial charge < -0.3 is 10.1 Å². The maximum Gasteiger partial charge on any atom is 0.333 e. The number of carbonyl (C=O) groups excluding carboxylic acids is 2. The molecule has 3 aromatic carbocycles. The van der Waals surface area contributed by atoms with Crippen LogP contribution in [-0.2, 0) is 11.4 Å². The van der Waals surface area contributed by atoms with Crippen molar-refractivity contribution in [2.45, 2.75) is 6.61 Å². The van der Waals surface area contributed by atoms with E-state index in [0.717, 1.165) is 4.90 Å². The minimum atomic E-state index is -0.529. The minimum Gasteiger partial charge on any atom is -0.489 e. The third-order valence-corrected chi connectivity index (χ3v) is 4.76. The normalized spacial score (nSPS) is 14.9. The largest absolute Gasteiger partial charge is 0.489 e.